The van der Waals surface area contributed by atoms with E-state index in [1.165, 1.54) is 6.20 Å². The van der Waals surface area contributed by atoms with Crippen LogP contribution in [0.15, 0.2) is 58.2 Å². The molecule has 4 nitrogen and oxygen atoms in total. The molecule has 0 amide bonds. The van der Waals surface area contributed by atoms with E-state index in [-0.39, 0.29) is 5.92 Å². The van der Waals surface area contributed by atoms with Crippen molar-refractivity contribution in [2.45, 2.75) is 19.3 Å². The number of fused-ring (bicyclic) bond motifs is 1. The van der Waals surface area contributed by atoms with Gasteiger partial charge in [-0.2, -0.15) is 0 Å². The summed E-state index contributed by atoms with van der Waals surface area (Å²) < 4.78 is 5.85. The maximum Gasteiger partial charge on any atom is 0.245 e. The van der Waals surface area contributed by atoms with Crippen LogP contribution in [0.25, 0.3) is 11.6 Å². The molecule has 0 spiro atoms. The second-order valence-electron chi connectivity index (χ2n) is 5.15. The fraction of sp³-hybridized carbons (Fsp3) is 0.235. The summed E-state index contributed by atoms with van der Waals surface area (Å²) >= 11 is 6.06. The Morgan fingerprint density at radius 1 is 1.45 bits per heavy atom. The third-order valence-corrected chi connectivity index (χ3v) is 3.91. The molecule has 2 aromatic rings. The van der Waals surface area contributed by atoms with Crippen LogP contribution in [0.1, 0.15) is 17.9 Å². The average Bonchev–Trinajstić information content (AvgIpc) is 2.96. The van der Waals surface area contributed by atoms with Crippen LogP contribution in [0.3, 0.4) is 0 Å². The van der Waals surface area contributed by atoms with Crippen LogP contribution in [0.5, 0.6) is 0 Å². The molecule has 3 rings (SSSR count). The SMILES string of the molecule is C=CN=C(C(=C)Cl)C1CCc2oc(-c3ccccn3)nc2C1. The quantitative estimate of drug-likeness (QED) is 0.796. The third-order valence-electron chi connectivity index (χ3n) is 3.72. The highest BCUT2D eigenvalue weighted by Gasteiger charge is 2.28. The summed E-state index contributed by atoms with van der Waals surface area (Å²) in [6.45, 7) is 7.43. The number of rotatable bonds is 4. The number of aromatic nitrogens is 2. The van der Waals surface area contributed by atoms with Crippen molar-refractivity contribution in [1.82, 2.24) is 9.97 Å². The van der Waals surface area contributed by atoms with Gasteiger partial charge in [0.15, 0.2) is 0 Å². The van der Waals surface area contributed by atoms with Crippen LogP contribution < -0.4 is 0 Å². The predicted molar refractivity (Wildman–Crippen MR) is 87.9 cm³/mol. The minimum absolute atomic E-state index is 0.192. The molecule has 0 saturated heterocycles. The number of halogens is 1. The Morgan fingerprint density at radius 3 is 3.00 bits per heavy atom. The number of pyridine rings is 1. The summed E-state index contributed by atoms with van der Waals surface area (Å²) in [5.74, 6) is 1.69. The fourth-order valence-corrected chi connectivity index (χ4v) is 2.91. The first-order valence-corrected chi connectivity index (χ1v) is 7.50. The van der Waals surface area contributed by atoms with E-state index in [9.17, 15) is 0 Å². The maximum absolute atomic E-state index is 6.06. The molecule has 1 atom stereocenters. The number of aliphatic imine (C=N–C) groups is 1. The zero-order valence-corrected chi connectivity index (χ0v) is 12.9. The van der Waals surface area contributed by atoms with Crippen LogP contribution in [-0.2, 0) is 12.8 Å². The molecule has 0 saturated carbocycles. The van der Waals surface area contributed by atoms with Crippen molar-refractivity contribution in [3.63, 3.8) is 0 Å². The largest absolute Gasteiger partial charge is 0.440 e. The number of hydrogen-bond donors (Lipinski definition) is 0. The van der Waals surface area contributed by atoms with Gasteiger partial charge in [-0.25, -0.2) is 4.98 Å². The van der Waals surface area contributed by atoms with E-state index in [2.05, 4.69) is 28.1 Å². The van der Waals surface area contributed by atoms with E-state index in [0.29, 0.717) is 10.9 Å². The van der Waals surface area contributed by atoms with E-state index < -0.39 is 0 Å². The molecule has 2 heterocycles. The molecule has 5 heteroatoms. The number of allylic oxidation sites excluding steroid dienone is 1. The van der Waals surface area contributed by atoms with Crippen molar-refractivity contribution in [2.75, 3.05) is 0 Å². The molecule has 1 unspecified atom stereocenters. The first kappa shape index (κ1) is 14.7. The highest BCUT2D eigenvalue weighted by molar-refractivity contribution is 6.43. The van der Waals surface area contributed by atoms with Crippen molar-refractivity contribution in [3.05, 3.63) is 60.2 Å². The summed E-state index contributed by atoms with van der Waals surface area (Å²) in [6, 6.07) is 5.67. The monoisotopic (exact) mass is 313 g/mol. The maximum atomic E-state index is 6.06. The molecule has 2 aromatic heterocycles. The number of aryl methyl sites for hydroxylation is 1. The van der Waals surface area contributed by atoms with Gasteiger partial charge in [0.05, 0.1) is 16.4 Å². The molecule has 1 aliphatic carbocycles. The van der Waals surface area contributed by atoms with Crippen LogP contribution in [-0.4, -0.2) is 15.7 Å². The summed E-state index contributed by atoms with van der Waals surface area (Å²) in [5, 5.41) is 0.460. The first-order chi connectivity index (χ1) is 10.7. The second kappa shape index (κ2) is 6.28. The Balaban J connectivity index is 1.88. The summed E-state index contributed by atoms with van der Waals surface area (Å²) in [4.78, 5) is 13.1. The smallest absolute Gasteiger partial charge is 0.245 e. The third kappa shape index (κ3) is 2.88. The molecule has 22 heavy (non-hydrogen) atoms. The fourth-order valence-electron chi connectivity index (χ4n) is 2.71. The van der Waals surface area contributed by atoms with E-state index in [4.69, 9.17) is 16.0 Å². The molecule has 1 aliphatic rings. The Bertz CT molecular complexity index is 734. The van der Waals surface area contributed by atoms with Crippen molar-refractivity contribution in [3.8, 4) is 11.6 Å². The van der Waals surface area contributed by atoms with Crippen LogP contribution >= 0.6 is 11.6 Å². The Hall–Kier alpha value is -2.20. The van der Waals surface area contributed by atoms with Crippen molar-refractivity contribution in [2.24, 2.45) is 10.9 Å². The van der Waals surface area contributed by atoms with E-state index in [1.54, 1.807) is 6.20 Å². The highest BCUT2D eigenvalue weighted by Crippen LogP contribution is 2.31. The number of oxazole rings is 1. The van der Waals surface area contributed by atoms with Crippen molar-refractivity contribution in [1.29, 1.82) is 0 Å². The van der Waals surface area contributed by atoms with Gasteiger partial charge in [-0.1, -0.05) is 30.8 Å². The highest BCUT2D eigenvalue weighted by atomic mass is 35.5. The standard InChI is InChI=1S/C17H16ClN3O/c1-3-19-16(11(2)18)12-7-8-15-14(10-12)21-17(22-15)13-6-4-5-9-20-13/h3-6,9,12H,1-2,7-8,10H2. The normalized spacial score (nSPS) is 17.9. The molecule has 112 valence electrons. The minimum Gasteiger partial charge on any atom is -0.440 e. The van der Waals surface area contributed by atoms with E-state index in [1.807, 2.05) is 18.2 Å². The molecule has 0 radical (unpaired) electrons. The Kier molecular flexibility index (Phi) is 4.20. The van der Waals surface area contributed by atoms with Gasteiger partial charge in [0.25, 0.3) is 0 Å². The van der Waals surface area contributed by atoms with Gasteiger partial charge in [0.2, 0.25) is 5.89 Å². The summed E-state index contributed by atoms with van der Waals surface area (Å²) in [5.41, 5.74) is 2.48. The molecule has 0 aromatic carbocycles. The van der Waals surface area contributed by atoms with Crippen LogP contribution in [0.2, 0.25) is 0 Å². The lowest BCUT2D eigenvalue weighted by Crippen LogP contribution is -2.22. The van der Waals surface area contributed by atoms with Crippen molar-refractivity contribution >= 4 is 17.3 Å². The van der Waals surface area contributed by atoms with Crippen LogP contribution in [0, 0.1) is 5.92 Å². The van der Waals surface area contributed by atoms with Gasteiger partial charge in [0.1, 0.15) is 11.5 Å². The lowest BCUT2D eigenvalue weighted by Gasteiger charge is -2.21. The van der Waals surface area contributed by atoms with E-state index >= 15 is 0 Å². The first-order valence-electron chi connectivity index (χ1n) is 7.12. The number of hydrogen-bond acceptors (Lipinski definition) is 4. The zero-order chi connectivity index (χ0) is 15.5. The lowest BCUT2D eigenvalue weighted by atomic mass is 9.86. The van der Waals surface area contributed by atoms with Gasteiger partial charge >= 0.3 is 0 Å². The molecule has 0 aliphatic heterocycles. The molecular formula is C17H16ClN3O. The van der Waals surface area contributed by atoms with Crippen LogP contribution in [0.4, 0.5) is 0 Å². The Morgan fingerprint density at radius 2 is 2.32 bits per heavy atom. The zero-order valence-electron chi connectivity index (χ0n) is 12.1. The molecule has 0 fully saturated rings. The molecule has 0 N–H and O–H groups in total. The molecule has 0 bridgehead atoms. The second-order valence-corrected chi connectivity index (χ2v) is 5.60. The van der Waals surface area contributed by atoms with Gasteiger partial charge in [-0.05, 0) is 18.6 Å². The van der Waals surface area contributed by atoms with E-state index in [0.717, 1.165) is 42.1 Å². The molecular weight excluding hydrogens is 298 g/mol. The summed E-state index contributed by atoms with van der Waals surface area (Å²) in [7, 11) is 0. The van der Waals surface area contributed by atoms with Crippen molar-refractivity contribution < 1.29 is 4.42 Å². The van der Waals surface area contributed by atoms with Gasteiger partial charge in [-0.3, -0.25) is 9.98 Å². The summed E-state index contributed by atoms with van der Waals surface area (Å²) in [6.07, 6.45) is 5.68. The predicted octanol–water partition coefficient (Wildman–Crippen LogP) is 4.18. The van der Waals surface area contributed by atoms with Gasteiger partial charge in [0, 0.05) is 31.2 Å². The lowest BCUT2D eigenvalue weighted by molar-refractivity contribution is 0.463. The minimum atomic E-state index is 0.192. The van der Waals surface area contributed by atoms with Gasteiger partial charge < -0.3 is 4.42 Å². The van der Waals surface area contributed by atoms with Gasteiger partial charge in [-0.15, -0.1) is 0 Å². The Labute approximate surface area is 134 Å². The average molecular weight is 314 g/mol. The topological polar surface area (TPSA) is 51.3 Å². The number of nitrogens with zero attached hydrogens (tertiary/aromatic N) is 3.